The number of aromatic nitrogens is 4. The fourth-order valence-corrected chi connectivity index (χ4v) is 1.68. The van der Waals surface area contributed by atoms with Crippen LogP contribution in [-0.4, -0.2) is 26.4 Å². The van der Waals surface area contributed by atoms with Gasteiger partial charge in [-0.05, 0) is 25.8 Å². The third kappa shape index (κ3) is 2.44. The number of fused-ring (bicyclic) bond motifs is 1. The van der Waals surface area contributed by atoms with E-state index in [1.165, 1.54) is 11.0 Å². The van der Waals surface area contributed by atoms with Gasteiger partial charge < -0.3 is 4.74 Å². The van der Waals surface area contributed by atoms with Crippen LogP contribution in [0, 0.1) is 12.3 Å². The quantitative estimate of drug-likeness (QED) is 0.816. The van der Waals surface area contributed by atoms with Crippen LogP contribution in [0.3, 0.4) is 0 Å². The Balaban J connectivity index is 2.18. The highest BCUT2D eigenvalue weighted by Crippen LogP contribution is 2.27. The lowest BCUT2D eigenvalue weighted by Gasteiger charge is -2.26. The van der Waals surface area contributed by atoms with E-state index >= 15 is 0 Å². The lowest BCUT2D eigenvalue weighted by molar-refractivity contribution is 0.145. The molecule has 0 aliphatic carbocycles. The average molecular weight is 248 g/mol. The second kappa shape index (κ2) is 4.92. The van der Waals surface area contributed by atoms with Gasteiger partial charge in [-0.2, -0.15) is 0 Å². The van der Waals surface area contributed by atoms with Crippen LogP contribution in [0.2, 0.25) is 0 Å². The molecule has 0 spiro atoms. The Hall–Kier alpha value is -1.65. The van der Waals surface area contributed by atoms with Crippen molar-refractivity contribution in [3.05, 3.63) is 18.0 Å². The summed E-state index contributed by atoms with van der Waals surface area (Å²) in [6.07, 6.45) is 3.68. The maximum absolute atomic E-state index is 5.86. The van der Waals surface area contributed by atoms with Crippen LogP contribution < -0.4 is 4.74 Å². The lowest BCUT2D eigenvalue weighted by atomic mass is 9.86. The molecule has 0 amide bonds. The summed E-state index contributed by atoms with van der Waals surface area (Å²) >= 11 is 0. The van der Waals surface area contributed by atoms with Gasteiger partial charge in [-0.1, -0.05) is 20.8 Å². The molecule has 2 rings (SSSR count). The van der Waals surface area contributed by atoms with Crippen LogP contribution in [0.5, 0.6) is 5.88 Å². The molecule has 0 unspecified atom stereocenters. The van der Waals surface area contributed by atoms with E-state index in [4.69, 9.17) is 4.74 Å². The fraction of sp³-hybridized carbons (Fsp3) is 0.615. The molecule has 0 radical (unpaired) electrons. The molecule has 2 heterocycles. The number of ether oxygens (including phenoxy) is 1. The zero-order valence-electron chi connectivity index (χ0n) is 11.5. The van der Waals surface area contributed by atoms with E-state index in [1.807, 2.05) is 13.0 Å². The highest BCUT2D eigenvalue weighted by molar-refractivity contribution is 5.41. The number of nitrogens with zero attached hydrogens (tertiary/aromatic N) is 4. The molecule has 5 heteroatoms. The first-order valence-electron chi connectivity index (χ1n) is 6.38. The van der Waals surface area contributed by atoms with E-state index in [1.54, 1.807) is 0 Å². The van der Waals surface area contributed by atoms with Crippen molar-refractivity contribution in [3.8, 4) is 5.88 Å². The maximum Gasteiger partial charge on any atom is 0.236 e. The first kappa shape index (κ1) is 12.8. The van der Waals surface area contributed by atoms with Crippen LogP contribution in [0.4, 0.5) is 0 Å². The molecular weight excluding hydrogens is 228 g/mol. The lowest BCUT2D eigenvalue weighted by Crippen LogP contribution is -2.24. The fourth-order valence-electron chi connectivity index (χ4n) is 1.68. The highest BCUT2D eigenvalue weighted by atomic mass is 16.5. The Morgan fingerprint density at radius 2 is 2.06 bits per heavy atom. The van der Waals surface area contributed by atoms with E-state index in [-0.39, 0.29) is 5.41 Å². The molecule has 0 aliphatic heterocycles. The van der Waals surface area contributed by atoms with Gasteiger partial charge in [0.05, 0.1) is 6.61 Å². The molecule has 98 valence electrons. The molecule has 0 atom stereocenters. The molecular formula is C13H20N4O. The number of hydrogen-bond donors (Lipinski definition) is 0. The van der Waals surface area contributed by atoms with Crippen molar-refractivity contribution in [1.29, 1.82) is 0 Å². The van der Waals surface area contributed by atoms with Crippen LogP contribution in [0.1, 0.15) is 39.2 Å². The van der Waals surface area contributed by atoms with Gasteiger partial charge in [0.25, 0.3) is 0 Å². The minimum Gasteiger partial charge on any atom is -0.476 e. The van der Waals surface area contributed by atoms with Gasteiger partial charge in [0.15, 0.2) is 5.65 Å². The van der Waals surface area contributed by atoms with E-state index in [0.29, 0.717) is 12.5 Å². The third-order valence-corrected chi connectivity index (χ3v) is 3.69. The second-order valence-corrected chi connectivity index (χ2v) is 5.05. The number of hydrogen-bond acceptors (Lipinski definition) is 4. The van der Waals surface area contributed by atoms with Gasteiger partial charge in [-0.3, -0.25) is 0 Å². The monoisotopic (exact) mass is 248 g/mol. The molecule has 2 aromatic heterocycles. The van der Waals surface area contributed by atoms with E-state index in [2.05, 4.69) is 36.0 Å². The van der Waals surface area contributed by atoms with Crippen molar-refractivity contribution >= 4 is 5.65 Å². The van der Waals surface area contributed by atoms with Crippen molar-refractivity contribution in [3.63, 3.8) is 0 Å². The predicted octanol–water partition coefficient (Wildman–Crippen LogP) is 2.64. The Morgan fingerprint density at radius 1 is 1.33 bits per heavy atom. The summed E-state index contributed by atoms with van der Waals surface area (Å²) in [6.45, 7) is 9.26. The molecule has 0 bridgehead atoms. The smallest absolute Gasteiger partial charge is 0.236 e. The van der Waals surface area contributed by atoms with Crippen molar-refractivity contribution in [1.82, 2.24) is 19.8 Å². The van der Waals surface area contributed by atoms with Crippen LogP contribution in [0.15, 0.2) is 12.4 Å². The van der Waals surface area contributed by atoms with Crippen LogP contribution in [-0.2, 0) is 0 Å². The number of aryl methyl sites for hydroxylation is 1. The van der Waals surface area contributed by atoms with Crippen molar-refractivity contribution in [2.75, 3.05) is 6.61 Å². The summed E-state index contributed by atoms with van der Waals surface area (Å²) in [6, 6.07) is 1.94. The molecule has 0 fully saturated rings. The van der Waals surface area contributed by atoms with E-state index in [0.717, 1.165) is 24.1 Å². The summed E-state index contributed by atoms with van der Waals surface area (Å²) < 4.78 is 7.36. The molecule has 2 aromatic rings. The van der Waals surface area contributed by atoms with Crippen molar-refractivity contribution in [2.24, 2.45) is 5.41 Å². The summed E-state index contributed by atoms with van der Waals surface area (Å²) in [5.74, 6) is 0.640. The van der Waals surface area contributed by atoms with Crippen LogP contribution >= 0.6 is 0 Å². The zero-order chi connectivity index (χ0) is 13.2. The standard InChI is InChI=1S/C13H20N4O/c1-5-13(4,6-2)8-18-12-10(3)7-11-14-9-15-17(11)16-12/h7,9H,5-6,8H2,1-4H3. The third-order valence-electron chi connectivity index (χ3n) is 3.69. The van der Waals surface area contributed by atoms with Gasteiger partial charge in [0.1, 0.15) is 6.33 Å². The summed E-state index contributed by atoms with van der Waals surface area (Å²) in [5, 5.41) is 8.35. The molecule has 0 N–H and O–H groups in total. The topological polar surface area (TPSA) is 52.3 Å². The maximum atomic E-state index is 5.86. The molecule has 0 saturated carbocycles. The second-order valence-electron chi connectivity index (χ2n) is 5.05. The zero-order valence-corrected chi connectivity index (χ0v) is 11.5. The predicted molar refractivity (Wildman–Crippen MR) is 69.7 cm³/mol. The molecule has 5 nitrogen and oxygen atoms in total. The first-order chi connectivity index (χ1) is 8.58. The van der Waals surface area contributed by atoms with Gasteiger partial charge in [0, 0.05) is 11.0 Å². The highest BCUT2D eigenvalue weighted by Gasteiger charge is 2.21. The van der Waals surface area contributed by atoms with Crippen molar-refractivity contribution in [2.45, 2.75) is 40.5 Å². The minimum absolute atomic E-state index is 0.200. The normalized spacial score (nSPS) is 12.0. The summed E-state index contributed by atoms with van der Waals surface area (Å²) in [5.41, 5.74) is 1.93. The first-order valence-corrected chi connectivity index (χ1v) is 6.38. The van der Waals surface area contributed by atoms with Gasteiger partial charge in [-0.25, -0.2) is 4.98 Å². The number of rotatable bonds is 5. The van der Waals surface area contributed by atoms with Gasteiger partial charge >= 0.3 is 0 Å². The van der Waals surface area contributed by atoms with Gasteiger partial charge in [-0.15, -0.1) is 14.8 Å². The van der Waals surface area contributed by atoms with Crippen molar-refractivity contribution < 1.29 is 4.74 Å². The molecule has 18 heavy (non-hydrogen) atoms. The average Bonchev–Trinajstić information content (AvgIpc) is 2.82. The molecule has 0 aliphatic rings. The van der Waals surface area contributed by atoms with Crippen LogP contribution in [0.25, 0.3) is 5.65 Å². The SMILES string of the molecule is CCC(C)(CC)COc1nn2ncnc2cc1C. The Bertz CT molecular complexity index is 531. The Labute approximate surface area is 107 Å². The largest absolute Gasteiger partial charge is 0.476 e. The Kier molecular flexibility index (Phi) is 3.50. The minimum atomic E-state index is 0.200. The van der Waals surface area contributed by atoms with E-state index in [9.17, 15) is 0 Å². The summed E-state index contributed by atoms with van der Waals surface area (Å²) in [7, 11) is 0. The van der Waals surface area contributed by atoms with E-state index < -0.39 is 0 Å². The summed E-state index contributed by atoms with van der Waals surface area (Å²) in [4.78, 5) is 4.10. The Morgan fingerprint density at radius 3 is 2.72 bits per heavy atom. The molecule has 0 saturated heterocycles. The molecule has 0 aromatic carbocycles. The van der Waals surface area contributed by atoms with Gasteiger partial charge in [0.2, 0.25) is 5.88 Å².